The fourth-order valence-electron chi connectivity index (χ4n) is 2.86. The Labute approximate surface area is 138 Å². The summed E-state index contributed by atoms with van der Waals surface area (Å²) >= 11 is 0. The fourth-order valence-corrected chi connectivity index (χ4v) is 2.86. The lowest BCUT2D eigenvalue weighted by Crippen LogP contribution is -2.15. The number of unbranched alkanes of at least 4 members (excludes halogenated alkanes) is 1. The van der Waals surface area contributed by atoms with Crippen LogP contribution in [0.4, 0.5) is 5.95 Å². The topological polar surface area (TPSA) is 116 Å². The zero-order valence-corrected chi connectivity index (χ0v) is 13.6. The van der Waals surface area contributed by atoms with Crippen molar-refractivity contribution in [2.75, 3.05) is 12.3 Å². The number of rotatable bonds is 6. The smallest absolute Gasteiger partial charge is 0.305 e. The summed E-state index contributed by atoms with van der Waals surface area (Å²) < 4.78 is 7.14. The Morgan fingerprint density at radius 2 is 2.33 bits per heavy atom. The number of hydrogen-bond donors (Lipinski definition) is 2. The first-order valence-corrected chi connectivity index (χ1v) is 8.14. The molecule has 0 amide bonds. The van der Waals surface area contributed by atoms with Crippen LogP contribution in [0.3, 0.4) is 0 Å². The zero-order chi connectivity index (χ0) is 17.1. The van der Waals surface area contributed by atoms with Crippen LogP contribution in [0.2, 0.25) is 0 Å². The third-order valence-electron chi connectivity index (χ3n) is 4.15. The van der Waals surface area contributed by atoms with E-state index in [0.717, 1.165) is 19.3 Å². The molecular formula is C16H21N5O3. The molecule has 2 atom stereocenters. The molecule has 1 aliphatic rings. The first-order valence-electron chi connectivity index (χ1n) is 8.14. The second kappa shape index (κ2) is 6.86. The number of ether oxygens (including phenoxy) is 1. The number of anilines is 1. The van der Waals surface area contributed by atoms with Crippen molar-refractivity contribution in [2.24, 2.45) is 5.92 Å². The molecule has 2 aromatic rings. The number of H-pyrrole nitrogens is 1. The second-order valence-corrected chi connectivity index (χ2v) is 6.01. The number of nitrogens with one attached hydrogen (secondary N) is 1. The first-order chi connectivity index (χ1) is 11.6. The summed E-state index contributed by atoms with van der Waals surface area (Å²) in [6.07, 6.45) is 8.70. The third kappa shape index (κ3) is 3.32. The minimum absolute atomic E-state index is 0.0167. The summed E-state index contributed by atoms with van der Waals surface area (Å²) in [5.41, 5.74) is 6.00. The summed E-state index contributed by atoms with van der Waals surface area (Å²) in [6.45, 7) is 2.41. The summed E-state index contributed by atoms with van der Waals surface area (Å²) in [6, 6.07) is 0.0167. The molecule has 0 unspecified atom stereocenters. The summed E-state index contributed by atoms with van der Waals surface area (Å²) in [5.74, 6) is 0.0674. The molecule has 8 heteroatoms. The number of aromatic nitrogens is 4. The molecule has 0 aromatic carbocycles. The molecule has 0 saturated heterocycles. The summed E-state index contributed by atoms with van der Waals surface area (Å²) in [5, 5.41) is 0. The molecule has 24 heavy (non-hydrogen) atoms. The van der Waals surface area contributed by atoms with Crippen LogP contribution in [-0.2, 0) is 9.53 Å². The fraction of sp³-hybridized carbons (Fsp3) is 0.500. The van der Waals surface area contributed by atoms with Gasteiger partial charge in [0, 0.05) is 12.3 Å². The quantitative estimate of drug-likeness (QED) is 0.613. The van der Waals surface area contributed by atoms with Gasteiger partial charge < -0.3 is 15.0 Å². The molecule has 2 aromatic heterocycles. The largest absolute Gasteiger partial charge is 0.465 e. The van der Waals surface area contributed by atoms with Gasteiger partial charge in [-0.2, -0.15) is 4.98 Å². The van der Waals surface area contributed by atoms with E-state index < -0.39 is 0 Å². The van der Waals surface area contributed by atoms with E-state index in [9.17, 15) is 9.59 Å². The van der Waals surface area contributed by atoms with Crippen molar-refractivity contribution in [3.05, 3.63) is 28.8 Å². The molecule has 1 aliphatic carbocycles. The maximum atomic E-state index is 11.8. The Morgan fingerprint density at radius 1 is 1.50 bits per heavy atom. The second-order valence-electron chi connectivity index (χ2n) is 6.01. The number of nitrogens with zero attached hydrogens (tertiary/aromatic N) is 3. The Kier molecular flexibility index (Phi) is 4.64. The van der Waals surface area contributed by atoms with Crippen LogP contribution >= 0.6 is 0 Å². The van der Waals surface area contributed by atoms with E-state index >= 15 is 0 Å². The molecule has 128 valence electrons. The van der Waals surface area contributed by atoms with E-state index in [1.807, 2.05) is 23.6 Å². The van der Waals surface area contributed by atoms with Crippen molar-refractivity contribution in [3.63, 3.8) is 0 Å². The number of aromatic amines is 1. The maximum absolute atomic E-state index is 11.8. The molecule has 8 nitrogen and oxygen atoms in total. The highest BCUT2D eigenvalue weighted by Gasteiger charge is 2.24. The minimum atomic E-state index is -0.348. The average molecular weight is 331 g/mol. The number of hydrogen-bond acceptors (Lipinski definition) is 6. The van der Waals surface area contributed by atoms with Gasteiger partial charge in [0.25, 0.3) is 5.56 Å². The van der Waals surface area contributed by atoms with Gasteiger partial charge in [0.1, 0.15) is 0 Å². The number of nitrogens with two attached hydrogens (primary N) is 1. The van der Waals surface area contributed by atoms with Crippen molar-refractivity contribution < 1.29 is 9.53 Å². The molecule has 0 radical (unpaired) electrons. The van der Waals surface area contributed by atoms with Crippen LogP contribution in [0.5, 0.6) is 0 Å². The number of carbonyl (C=O) groups is 1. The number of allylic oxidation sites excluding steroid dienone is 1. The summed E-state index contributed by atoms with van der Waals surface area (Å²) in [4.78, 5) is 34.2. The normalized spacial score (nSPS) is 19.9. The maximum Gasteiger partial charge on any atom is 0.305 e. The zero-order valence-electron chi connectivity index (χ0n) is 13.6. The lowest BCUT2D eigenvalue weighted by Gasteiger charge is -2.14. The van der Waals surface area contributed by atoms with Crippen molar-refractivity contribution in [3.8, 4) is 0 Å². The van der Waals surface area contributed by atoms with Gasteiger partial charge in [-0.25, -0.2) is 4.98 Å². The molecule has 0 aliphatic heterocycles. The van der Waals surface area contributed by atoms with Crippen LogP contribution < -0.4 is 11.3 Å². The minimum Gasteiger partial charge on any atom is -0.465 e. The predicted molar refractivity (Wildman–Crippen MR) is 89.3 cm³/mol. The first kappa shape index (κ1) is 16.2. The lowest BCUT2D eigenvalue weighted by molar-refractivity contribution is -0.144. The molecule has 3 rings (SSSR count). The van der Waals surface area contributed by atoms with Crippen molar-refractivity contribution in [1.82, 2.24) is 19.5 Å². The van der Waals surface area contributed by atoms with E-state index in [1.165, 1.54) is 0 Å². The van der Waals surface area contributed by atoms with Crippen LogP contribution in [0, 0.1) is 5.92 Å². The lowest BCUT2D eigenvalue weighted by atomic mass is 10.1. The highest BCUT2D eigenvalue weighted by molar-refractivity contribution is 5.71. The van der Waals surface area contributed by atoms with Crippen molar-refractivity contribution in [2.45, 2.75) is 38.6 Å². The average Bonchev–Trinajstić information content (AvgIpc) is 3.17. The van der Waals surface area contributed by atoms with E-state index in [2.05, 4.69) is 15.0 Å². The molecule has 0 bridgehead atoms. The molecule has 2 heterocycles. The van der Waals surface area contributed by atoms with Crippen LogP contribution in [0.15, 0.2) is 23.3 Å². The van der Waals surface area contributed by atoms with Gasteiger partial charge in [0.15, 0.2) is 11.2 Å². The molecule has 3 N–H and O–H groups in total. The van der Waals surface area contributed by atoms with Crippen molar-refractivity contribution in [1.29, 1.82) is 0 Å². The highest BCUT2D eigenvalue weighted by atomic mass is 16.5. The Morgan fingerprint density at radius 3 is 3.12 bits per heavy atom. The SMILES string of the molecule is CCCCC(=O)OC[C@H]1C=C[C@@H](n2cnc3c(=O)[nH]c(N)nc32)C1. The molecule has 0 spiro atoms. The molecule has 0 fully saturated rings. The number of imidazole rings is 1. The molecular weight excluding hydrogens is 310 g/mol. The monoisotopic (exact) mass is 331 g/mol. The van der Waals surface area contributed by atoms with Crippen molar-refractivity contribution >= 4 is 23.1 Å². The number of fused-ring (bicyclic) bond motifs is 1. The van der Waals surface area contributed by atoms with E-state index in [1.54, 1.807) is 6.33 Å². The van der Waals surface area contributed by atoms with Gasteiger partial charge in [-0.3, -0.25) is 14.6 Å². The van der Waals surface area contributed by atoms with Crippen LogP contribution in [0.1, 0.15) is 38.6 Å². The van der Waals surface area contributed by atoms with Gasteiger partial charge in [0.05, 0.1) is 19.0 Å². The number of nitrogen functional groups attached to an aromatic ring is 1. The van der Waals surface area contributed by atoms with Gasteiger partial charge in [-0.05, 0) is 12.8 Å². The van der Waals surface area contributed by atoms with Gasteiger partial charge >= 0.3 is 5.97 Å². The Hall–Kier alpha value is -2.64. The number of esters is 1. The third-order valence-corrected chi connectivity index (χ3v) is 4.15. The Bertz CT molecular complexity index is 823. The summed E-state index contributed by atoms with van der Waals surface area (Å²) in [7, 11) is 0. The van der Waals surface area contributed by atoms with Crippen LogP contribution in [0.25, 0.3) is 11.2 Å². The Balaban J connectivity index is 1.65. The van der Waals surface area contributed by atoms with Gasteiger partial charge in [-0.1, -0.05) is 25.5 Å². The predicted octanol–water partition coefficient (Wildman–Crippen LogP) is 1.55. The van der Waals surface area contributed by atoms with E-state index in [0.29, 0.717) is 18.7 Å². The van der Waals surface area contributed by atoms with Crippen LogP contribution in [-0.4, -0.2) is 32.1 Å². The van der Waals surface area contributed by atoms with Gasteiger partial charge in [-0.15, -0.1) is 0 Å². The van der Waals surface area contributed by atoms with Gasteiger partial charge in [0.2, 0.25) is 5.95 Å². The van der Waals surface area contributed by atoms with E-state index in [4.69, 9.17) is 10.5 Å². The number of carbonyl (C=O) groups excluding carboxylic acids is 1. The van der Waals surface area contributed by atoms with E-state index in [-0.39, 0.29) is 35.0 Å². The highest BCUT2D eigenvalue weighted by Crippen LogP contribution is 2.29. The molecule has 0 saturated carbocycles. The standard InChI is InChI=1S/C16H21N5O3/c1-2-3-4-12(22)24-8-10-5-6-11(7-10)21-9-18-13-14(21)19-16(17)20-15(13)23/h5-6,9-11H,2-4,7-8H2,1H3,(H3,17,19,20,23)/t10-,11+/m0/s1.